The van der Waals surface area contributed by atoms with Crippen molar-refractivity contribution in [2.45, 2.75) is 38.0 Å². The van der Waals surface area contributed by atoms with Crippen molar-refractivity contribution in [2.24, 2.45) is 0 Å². The van der Waals surface area contributed by atoms with Crippen molar-refractivity contribution in [3.05, 3.63) is 52.9 Å². The van der Waals surface area contributed by atoms with E-state index in [9.17, 15) is 4.39 Å². The molecule has 0 atom stereocenters. The highest BCUT2D eigenvalue weighted by Crippen LogP contribution is 2.36. The summed E-state index contributed by atoms with van der Waals surface area (Å²) in [4.78, 5) is 15.6. The molecular weight excluding hydrogens is 335 g/mol. The monoisotopic (exact) mass is 354 g/mol. The van der Waals surface area contributed by atoms with E-state index >= 15 is 0 Å². The molecule has 1 fully saturated rings. The van der Waals surface area contributed by atoms with E-state index in [1.165, 1.54) is 31.4 Å². The Morgan fingerprint density at radius 3 is 2.48 bits per heavy atom. The van der Waals surface area contributed by atoms with Crippen molar-refractivity contribution in [3.8, 4) is 22.6 Å². The standard InChI is InChI=1S/C19H19FN4S/c20-14-8-6-12(7-9-14)16-17(15-10-11-21-19(25)22-15)24-18(23-16)13-4-2-1-3-5-13/h6-11,13H,1-5H2,(H,23,24)(H,21,22,25). The van der Waals surface area contributed by atoms with E-state index in [1.807, 2.05) is 6.07 Å². The van der Waals surface area contributed by atoms with Crippen LogP contribution in [0.3, 0.4) is 0 Å². The van der Waals surface area contributed by atoms with Gasteiger partial charge in [0, 0.05) is 17.7 Å². The second kappa shape index (κ2) is 6.88. The van der Waals surface area contributed by atoms with Crippen molar-refractivity contribution >= 4 is 12.2 Å². The number of rotatable bonds is 3. The Balaban J connectivity index is 1.83. The Morgan fingerprint density at radius 1 is 1.00 bits per heavy atom. The average molecular weight is 354 g/mol. The Hall–Kier alpha value is -2.34. The fourth-order valence-electron chi connectivity index (χ4n) is 3.49. The molecule has 6 heteroatoms. The molecule has 0 amide bonds. The smallest absolute Gasteiger partial charge is 0.197 e. The Bertz CT molecular complexity index is 923. The fourth-order valence-corrected chi connectivity index (χ4v) is 3.66. The highest BCUT2D eigenvalue weighted by molar-refractivity contribution is 7.71. The van der Waals surface area contributed by atoms with Gasteiger partial charge in [-0.2, -0.15) is 0 Å². The second-order valence-corrected chi connectivity index (χ2v) is 6.86. The number of benzene rings is 1. The molecule has 2 heterocycles. The minimum atomic E-state index is -0.253. The molecule has 1 aliphatic carbocycles. The van der Waals surface area contributed by atoms with Crippen molar-refractivity contribution in [2.75, 3.05) is 0 Å². The summed E-state index contributed by atoms with van der Waals surface area (Å²) < 4.78 is 13.7. The summed E-state index contributed by atoms with van der Waals surface area (Å²) in [5.41, 5.74) is 3.41. The molecule has 1 saturated carbocycles. The van der Waals surface area contributed by atoms with Crippen molar-refractivity contribution in [3.63, 3.8) is 0 Å². The number of aromatic amines is 2. The van der Waals surface area contributed by atoms with Gasteiger partial charge in [0.15, 0.2) is 4.77 Å². The fraction of sp³-hybridized carbons (Fsp3) is 0.316. The zero-order valence-corrected chi connectivity index (χ0v) is 14.6. The molecule has 1 aliphatic rings. The van der Waals surface area contributed by atoms with Crippen LogP contribution in [0.2, 0.25) is 0 Å². The van der Waals surface area contributed by atoms with E-state index in [0.29, 0.717) is 10.7 Å². The SMILES string of the molecule is Fc1ccc(-c2nc(C3CCCCC3)[nH]c2-c2ccnc(=S)[nH]2)cc1. The van der Waals surface area contributed by atoms with Crippen LogP contribution in [0, 0.1) is 10.6 Å². The zero-order valence-electron chi connectivity index (χ0n) is 13.8. The highest BCUT2D eigenvalue weighted by Gasteiger charge is 2.22. The number of aromatic nitrogens is 4. The number of halogens is 1. The lowest BCUT2D eigenvalue weighted by atomic mass is 9.89. The first-order valence-corrected chi connectivity index (χ1v) is 9.03. The van der Waals surface area contributed by atoms with Crippen LogP contribution in [-0.2, 0) is 0 Å². The number of nitrogens with one attached hydrogen (secondary N) is 2. The van der Waals surface area contributed by atoms with E-state index < -0.39 is 0 Å². The van der Waals surface area contributed by atoms with Crippen LogP contribution in [0.5, 0.6) is 0 Å². The Labute approximate surface area is 150 Å². The minimum absolute atomic E-state index is 0.253. The Morgan fingerprint density at radius 2 is 1.76 bits per heavy atom. The molecule has 1 aromatic carbocycles. The highest BCUT2D eigenvalue weighted by atomic mass is 32.1. The molecule has 0 radical (unpaired) electrons. The van der Waals surface area contributed by atoms with Gasteiger partial charge in [-0.15, -0.1) is 0 Å². The maximum Gasteiger partial charge on any atom is 0.197 e. The first kappa shape index (κ1) is 16.1. The van der Waals surface area contributed by atoms with Crippen LogP contribution in [-0.4, -0.2) is 19.9 Å². The van der Waals surface area contributed by atoms with Crippen molar-refractivity contribution in [1.82, 2.24) is 19.9 Å². The normalized spacial score (nSPS) is 15.4. The molecule has 0 aliphatic heterocycles. The maximum absolute atomic E-state index is 13.3. The van der Waals surface area contributed by atoms with Gasteiger partial charge in [-0.25, -0.2) is 14.4 Å². The number of hydrogen-bond acceptors (Lipinski definition) is 3. The summed E-state index contributed by atoms with van der Waals surface area (Å²) in [6.07, 6.45) is 7.77. The lowest BCUT2D eigenvalue weighted by Gasteiger charge is -2.19. The van der Waals surface area contributed by atoms with Crippen molar-refractivity contribution in [1.29, 1.82) is 0 Å². The van der Waals surface area contributed by atoms with Gasteiger partial charge in [0.1, 0.15) is 11.6 Å². The molecule has 0 unspecified atom stereocenters. The van der Waals surface area contributed by atoms with E-state index in [4.69, 9.17) is 17.2 Å². The third-order valence-electron chi connectivity index (χ3n) is 4.78. The number of H-pyrrole nitrogens is 2. The molecule has 2 N–H and O–H groups in total. The zero-order chi connectivity index (χ0) is 17.2. The molecule has 4 rings (SSSR count). The summed E-state index contributed by atoms with van der Waals surface area (Å²) in [5.74, 6) is 1.20. The van der Waals surface area contributed by atoms with Crippen LogP contribution in [0.15, 0.2) is 36.5 Å². The molecular formula is C19H19FN4S. The van der Waals surface area contributed by atoms with E-state index in [-0.39, 0.29) is 5.82 Å². The van der Waals surface area contributed by atoms with Gasteiger partial charge in [-0.3, -0.25) is 0 Å². The van der Waals surface area contributed by atoms with Gasteiger partial charge in [-0.1, -0.05) is 19.3 Å². The van der Waals surface area contributed by atoms with Gasteiger partial charge in [-0.05, 0) is 55.4 Å². The first-order valence-electron chi connectivity index (χ1n) is 8.62. The summed E-state index contributed by atoms with van der Waals surface area (Å²) in [6.45, 7) is 0. The Kier molecular flexibility index (Phi) is 4.44. The van der Waals surface area contributed by atoms with E-state index in [1.54, 1.807) is 18.3 Å². The molecule has 3 aromatic rings. The molecule has 4 nitrogen and oxygen atoms in total. The van der Waals surface area contributed by atoms with Gasteiger partial charge < -0.3 is 9.97 Å². The summed E-state index contributed by atoms with van der Waals surface area (Å²) in [5, 5.41) is 0. The van der Waals surface area contributed by atoms with E-state index in [0.717, 1.165) is 41.3 Å². The quantitative estimate of drug-likeness (QED) is 0.621. The topological polar surface area (TPSA) is 57.4 Å². The summed E-state index contributed by atoms with van der Waals surface area (Å²) in [7, 11) is 0. The minimum Gasteiger partial charge on any atom is -0.340 e. The van der Waals surface area contributed by atoms with Crippen LogP contribution >= 0.6 is 12.2 Å². The molecule has 0 bridgehead atoms. The number of nitrogens with zero attached hydrogens (tertiary/aromatic N) is 2. The van der Waals surface area contributed by atoms with E-state index in [2.05, 4.69) is 15.0 Å². The molecule has 2 aromatic heterocycles. The molecule has 0 spiro atoms. The van der Waals surface area contributed by atoms with Gasteiger partial charge in [0.2, 0.25) is 0 Å². The predicted octanol–water partition coefficient (Wildman–Crippen LogP) is 5.38. The summed E-state index contributed by atoms with van der Waals surface area (Å²) >= 11 is 5.16. The van der Waals surface area contributed by atoms with Gasteiger partial charge in [0.05, 0.1) is 17.1 Å². The van der Waals surface area contributed by atoms with Crippen molar-refractivity contribution < 1.29 is 4.39 Å². The lowest BCUT2D eigenvalue weighted by Crippen LogP contribution is -2.06. The predicted molar refractivity (Wildman–Crippen MR) is 98.2 cm³/mol. The van der Waals surface area contributed by atoms with Gasteiger partial charge in [0.25, 0.3) is 0 Å². The third kappa shape index (κ3) is 3.39. The van der Waals surface area contributed by atoms with Crippen LogP contribution in [0.1, 0.15) is 43.8 Å². The molecule has 128 valence electrons. The number of hydrogen-bond donors (Lipinski definition) is 2. The second-order valence-electron chi connectivity index (χ2n) is 6.48. The van der Waals surface area contributed by atoms with Crippen LogP contribution in [0.4, 0.5) is 4.39 Å². The molecule has 0 saturated heterocycles. The third-order valence-corrected chi connectivity index (χ3v) is 4.98. The van der Waals surface area contributed by atoms with Gasteiger partial charge >= 0.3 is 0 Å². The first-order chi connectivity index (χ1) is 12.2. The largest absolute Gasteiger partial charge is 0.340 e. The maximum atomic E-state index is 13.3. The average Bonchev–Trinajstić information content (AvgIpc) is 3.08. The van der Waals surface area contributed by atoms with Crippen LogP contribution < -0.4 is 0 Å². The number of imidazole rings is 1. The lowest BCUT2D eigenvalue weighted by molar-refractivity contribution is 0.431. The molecule has 25 heavy (non-hydrogen) atoms. The van der Waals surface area contributed by atoms with Crippen LogP contribution in [0.25, 0.3) is 22.6 Å². The summed E-state index contributed by atoms with van der Waals surface area (Å²) in [6, 6.07) is 8.32.